The van der Waals surface area contributed by atoms with Gasteiger partial charge >= 0.3 is 5.97 Å². The summed E-state index contributed by atoms with van der Waals surface area (Å²) in [7, 11) is 0. The Morgan fingerprint density at radius 1 is 1.00 bits per heavy atom. The topological polar surface area (TPSA) is 66.4 Å². The van der Waals surface area contributed by atoms with Gasteiger partial charge in [0.1, 0.15) is 0 Å². The average molecular weight is 279 g/mol. The van der Waals surface area contributed by atoms with Crippen molar-refractivity contribution >= 4 is 11.9 Å². The van der Waals surface area contributed by atoms with Crippen molar-refractivity contribution in [1.29, 1.82) is 0 Å². The van der Waals surface area contributed by atoms with E-state index < -0.39 is 11.4 Å². The standard InChI is InChI=1S/C16H25NO3/c18-13(12-10-15(12)6-4-5-7-15)17-11-16(14(19)20)8-2-1-3-9-16/h12H,1-11H2,(H,17,18)(H,19,20). The maximum atomic E-state index is 12.3. The van der Waals surface area contributed by atoms with Crippen LogP contribution in [-0.4, -0.2) is 23.5 Å². The summed E-state index contributed by atoms with van der Waals surface area (Å²) in [5.41, 5.74) is -0.404. The maximum Gasteiger partial charge on any atom is 0.311 e. The molecule has 3 rings (SSSR count). The van der Waals surface area contributed by atoms with Crippen LogP contribution in [0, 0.1) is 16.7 Å². The number of aliphatic carboxylic acids is 1. The van der Waals surface area contributed by atoms with Crippen molar-refractivity contribution in [2.45, 2.75) is 64.2 Å². The van der Waals surface area contributed by atoms with Crippen LogP contribution in [0.4, 0.5) is 0 Å². The van der Waals surface area contributed by atoms with Crippen LogP contribution >= 0.6 is 0 Å². The Hall–Kier alpha value is -1.06. The molecule has 3 saturated carbocycles. The highest BCUT2D eigenvalue weighted by Crippen LogP contribution is 2.62. The summed E-state index contributed by atoms with van der Waals surface area (Å²) in [6.45, 7) is 0.327. The second-order valence-electron chi connectivity index (χ2n) is 7.19. The second kappa shape index (κ2) is 5.05. The minimum absolute atomic E-state index is 0.109. The van der Waals surface area contributed by atoms with E-state index in [0.29, 0.717) is 24.8 Å². The molecule has 1 amide bonds. The summed E-state index contributed by atoms with van der Waals surface area (Å²) in [6, 6.07) is 0. The molecule has 0 aromatic carbocycles. The first kappa shape index (κ1) is 13.9. The van der Waals surface area contributed by atoms with Crippen molar-refractivity contribution in [3.05, 3.63) is 0 Å². The normalized spacial score (nSPS) is 30.1. The summed E-state index contributed by atoms with van der Waals surface area (Å²) in [5.74, 6) is -0.457. The molecule has 20 heavy (non-hydrogen) atoms. The van der Waals surface area contributed by atoms with E-state index in [1.165, 1.54) is 25.7 Å². The summed E-state index contributed by atoms with van der Waals surface area (Å²) in [6.07, 6.45) is 10.4. The van der Waals surface area contributed by atoms with Crippen molar-refractivity contribution in [1.82, 2.24) is 5.32 Å². The number of rotatable bonds is 4. The summed E-state index contributed by atoms with van der Waals surface area (Å²) in [5, 5.41) is 12.5. The Balaban J connectivity index is 1.55. The number of carbonyl (C=O) groups is 2. The number of carboxylic acids is 1. The predicted molar refractivity (Wildman–Crippen MR) is 75.2 cm³/mol. The van der Waals surface area contributed by atoms with Gasteiger partial charge in [0.15, 0.2) is 0 Å². The van der Waals surface area contributed by atoms with E-state index >= 15 is 0 Å². The van der Waals surface area contributed by atoms with Crippen LogP contribution in [0.1, 0.15) is 64.2 Å². The van der Waals surface area contributed by atoms with Gasteiger partial charge in [0, 0.05) is 12.5 Å². The average Bonchev–Trinajstić information content (AvgIpc) is 2.94. The number of carboxylic acid groups (broad SMARTS) is 1. The smallest absolute Gasteiger partial charge is 0.311 e. The van der Waals surface area contributed by atoms with Crippen molar-refractivity contribution in [2.75, 3.05) is 6.54 Å². The molecule has 1 spiro atoms. The van der Waals surface area contributed by atoms with Crippen LogP contribution < -0.4 is 5.32 Å². The van der Waals surface area contributed by atoms with Gasteiger partial charge in [-0.05, 0) is 37.5 Å². The van der Waals surface area contributed by atoms with E-state index in [9.17, 15) is 14.7 Å². The van der Waals surface area contributed by atoms with E-state index in [4.69, 9.17) is 0 Å². The number of nitrogens with one attached hydrogen (secondary N) is 1. The number of amides is 1. The lowest BCUT2D eigenvalue weighted by Crippen LogP contribution is -2.45. The van der Waals surface area contributed by atoms with Gasteiger partial charge in [-0.3, -0.25) is 9.59 Å². The fourth-order valence-corrected chi connectivity index (χ4v) is 4.42. The van der Waals surface area contributed by atoms with E-state index in [-0.39, 0.29) is 11.8 Å². The van der Waals surface area contributed by atoms with Crippen LogP contribution in [0.5, 0.6) is 0 Å². The molecule has 1 atom stereocenters. The molecule has 0 heterocycles. The zero-order valence-electron chi connectivity index (χ0n) is 12.1. The van der Waals surface area contributed by atoms with Crippen molar-refractivity contribution in [3.8, 4) is 0 Å². The highest BCUT2D eigenvalue weighted by Gasteiger charge is 2.58. The monoisotopic (exact) mass is 279 g/mol. The van der Waals surface area contributed by atoms with Crippen molar-refractivity contribution < 1.29 is 14.7 Å². The molecule has 1 unspecified atom stereocenters. The lowest BCUT2D eigenvalue weighted by Gasteiger charge is -2.33. The Bertz CT molecular complexity index is 406. The molecule has 112 valence electrons. The lowest BCUT2D eigenvalue weighted by atomic mass is 9.74. The van der Waals surface area contributed by atoms with Crippen molar-refractivity contribution in [2.24, 2.45) is 16.7 Å². The molecule has 0 saturated heterocycles. The first-order valence-corrected chi connectivity index (χ1v) is 8.09. The maximum absolute atomic E-state index is 12.3. The van der Waals surface area contributed by atoms with Crippen LogP contribution in [0.25, 0.3) is 0 Å². The van der Waals surface area contributed by atoms with Gasteiger partial charge in [-0.15, -0.1) is 0 Å². The minimum atomic E-state index is -0.733. The molecule has 4 nitrogen and oxygen atoms in total. The van der Waals surface area contributed by atoms with Gasteiger partial charge in [0.05, 0.1) is 5.41 Å². The molecular weight excluding hydrogens is 254 g/mol. The second-order valence-corrected chi connectivity index (χ2v) is 7.19. The number of carbonyl (C=O) groups excluding carboxylic acids is 1. The molecule has 0 aliphatic heterocycles. The van der Waals surface area contributed by atoms with E-state index in [1.54, 1.807) is 0 Å². The van der Waals surface area contributed by atoms with E-state index in [1.807, 2.05) is 0 Å². The van der Waals surface area contributed by atoms with Crippen molar-refractivity contribution in [3.63, 3.8) is 0 Å². The SMILES string of the molecule is O=C(NCC1(C(=O)O)CCCCC1)C1CC12CCCC2. The first-order valence-electron chi connectivity index (χ1n) is 8.09. The molecule has 2 N–H and O–H groups in total. The molecular formula is C16H25NO3. The van der Waals surface area contributed by atoms with E-state index in [2.05, 4.69) is 5.32 Å². The summed E-state index contributed by atoms with van der Waals surface area (Å²) < 4.78 is 0. The van der Waals surface area contributed by atoms with Gasteiger partial charge in [-0.2, -0.15) is 0 Å². The van der Waals surface area contributed by atoms with Gasteiger partial charge < -0.3 is 10.4 Å². The van der Waals surface area contributed by atoms with Crippen LogP contribution in [0.2, 0.25) is 0 Å². The molecule has 0 aromatic heterocycles. The quantitative estimate of drug-likeness (QED) is 0.831. The van der Waals surface area contributed by atoms with Gasteiger partial charge in [-0.25, -0.2) is 0 Å². The Morgan fingerprint density at radius 3 is 2.20 bits per heavy atom. The minimum Gasteiger partial charge on any atom is -0.481 e. The van der Waals surface area contributed by atoms with Crippen LogP contribution in [0.15, 0.2) is 0 Å². The molecule has 0 bridgehead atoms. The van der Waals surface area contributed by atoms with E-state index in [0.717, 1.165) is 25.7 Å². The summed E-state index contributed by atoms with van der Waals surface area (Å²) in [4.78, 5) is 23.8. The summed E-state index contributed by atoms with van der Waals surface area (Å²) >= 11 is 0. The third kappa shape index (κ3) is 2.33. The lowest BCUT2D eigenvalue weighted by molar-refractivity contribution is -0.151. The molecule has 0 radical (unpaired) electrons. The van der Waals surface area contributed by atoms with Crippen LogP contribution in [-0.2, 0) is 9.59 Å². The largest absolute Gasteiger partial charge is 0.481 e. The van der Waals surface area contributed by atoms with Gasteiger partial charge in [-0.1, -0.05) is 32.1 Å². The fourth-order valence-electron chi connectivity index (χ4n) is 4.42. The van der Waals surface area contributed by atoms with Gasteiger partial charge in [0.25, 0.3) is 0 Å². The molecule has 3 aliphatic rings. The van der Waals surface area contributed by atoms with Crippen LogP contribution in [0.3, 0.4) is 0 Å². The predicted octanol–water partition coefficient (Wildman–Crippen LogP) is 2.72. The molecule has 4 heteroatoms. The highest BCUT2D eigenvalue weighted by molar-refractivity contribution is 5.83. The third-order valence-electron chi connectivity index (χ3n) is 5.97. The molecule has 3 fully saturated rings. The molecule has 3 aliphatic carbocycles. The first-order chi connectivity index (χ1) is 9.58. The Labute approximate surface area is 120 Å². The third-order valence-corrected chi connectivity index (χ3v) is 5.97. The highest BCUT2D eigenvalue weighted by atomic mass is 16.4. The Kier molecular flexibility index (Phi) is 3.51. The zero-order chi connectivity index (χ0) is 14.2. The molecule has 0 aromatic rings. The number of hydrogen-bond acceptors (Lipinski definition) is 2. The fraction of sp³-hybridized carbons (Fsp3) is 0.875. The Morgan fingerprint density at radius 2 is 1.60 bits per heavy atom. The number of hydrogen-bond donors (Lipinski definition) is 2. The zero-order valence-corrected chi connectivity index (χ0v) is 12.1. The van der Waals surface area contributed by atoms with Gasteiger partial charge in [0.2, 0.25) is 5.91 Å².